The van der Waals surface area contributed by atoms with Crippen molar-refractivity contribution >= 4 is 22.9 Å². The van der Waals surface area contributed by atoms with E-state index in [1.807, 2.05) is 0 Å². The van der Waals surface area contributed by atoms with E-state index in [1.54, 1.807) is 0 Å². The summed E-state index contributed by atoms with van der Waals surface area (Å²) in [5.41, 5.74) is 5.30. The van der Waals surface area contributed by atoms with E-state index in [4.69, 9.17) is 5.73 Å². The third-order valence-electron chi connectivity index (χ3n) is 3.74. The molecule has 0 fully saturated rings. The van der Waals surface area contributed by atoms with Crippen LogP contribution in [0.4, 0.5) is 11.4 Å². The normalized spacial score (nSPS) is 10.6. The van der Waals surface area contributed by atoms with E-state index >= 15 is 0 Å². The molecule has 0 radical (unpaired) electrons. The van der Waals surface area contributed by atoms with Gasteiger partial charge in [-0.25, -0.2) is 0 Å². The van der Waals surface area contributed by atoms with Crippen LogP contribution in [0.1, 0.15) is 20.7 Å². The number of rotatable bonds is 9. The number of carbonyl (C=O) groups is 2. The highest BCUT2D eigenvalue weighted by molar-refractivity contribution is 6.19. The van der Waals surface area contributed by atoms with Crippen LogP contribution in [0.5, 0.6) is 0 Å². The minimum atomic E-state index is -1.27. The number of non-ortho nitro benzene ring substituents is 2. The Labute approximate surface area is 153 Å². The van der Waals surface area contributed by atoms with Crippen molar-refractivity contribution in [3.8, 4) is 0 Å². The number of nitrogens with zero attached hydrogens (tertiary/aromatic N) is 2. The Morgan fingerprint density at radius 1 is 0.852 bits per heavy atom. The van der Waals surface area contributed by atoms with Crippen LogP contribution in [-0.4, -0.2) is 40.5 Å². The van der Waals surface area contributed by atoms with Crippen molar-refractivity contribution < 1.29 is 19.4 Å². The number of nitrogens with two attached hydrogens (primary N) is 1. The molecule has 0 saturated heterocycles. The van der Waals surface area contributed by atoms with Gasteiger partial charge in [0.15, 0.2) is 11.6 Å². The van der Waals surface area contributed by atoms with Gasteiger partial charge in [-0.3, -0.25) is 35.1 Å². The third-order valence-corrected chi connectivity index (χ3v) is 3.74. The molecule has 0 bridgehead atoms. The van der Waals surface area contributed by atoms with Crippen molar-refractivity contribution in [2.75, 3.05) is 13.1 Å². The van der Waals surface area contributed by atoms with Gasteiger partial charge in [0.2, 0.25) is 0 Å². The van der Waals surface area contributed by atoms with E-state index in [0.29, 0.717) is 0 Å². The zero-order valence-corrected chi connectivity index (χ0v) is 14.0. The summed E-state index contributed by atoms with van der Waals surface area (Å²) in [4.78, 5) is 45.7. The minimum Gasteiger partial charge on any atom is -0.329 e. The van der Waals surface area contributed by atoms with Gasteiger partial charge in [-0.05, 0) is 24.3 Å². The highest BCUT2D eigenvalue weighted by atomic mass is 16.6. The van der Waals surface area contributed by atoms with Crippen LogP contribution in [0.25, 0.3) is 0 Å². The van der Waals surface area contributed by atoms with Gasteiger partial charge in [0, 0.05) is 48.5 Å². The molecule has 0 aromatic heterocycles. The summed E-state index contributed by atoms with van der Waals surface area (Å²) < 4.78 is 0. The quantitative estimate of drug-likeness (QED) is 0.290. The molecular weight excluding hydrogens is 356 g/mol. The van der Waals surface area contributed by atoms with Crippen molar-refractivity contribution in [1.82, 2.24) is 5.32 Å². The second-order valence-electron chi connectivity index (χ2n) is 5.51. The molecular formula is C17H16N4O6. The van der Waals surface area contributed by atoms with Crippen LogP contribution >= 0.6 is 0 Å². The Morgan fingerprint density at radius 2 is 1.22 bits per heavy atom. The molecule has 2 aromatic rings. The molecule has 0 atom stereocenters. The van der Waals surface area contributed by atoms with Crippen molar-refractivity contribution in [3.05, 3.63) is 79.9 Å². The number of benzene rings is 2. The molecule has 2 rings (SSSR count). The lowest BCUT2D eigenvalue weighted by Gasteiger charge is -2.16. The van der Waals surface area contributed by atoms with Gasteiger partial charge in [-0.15, -0.1) is 0 Å². The molecule has 10 heteroatoms. The first-order valence-electron chi connectivity index (χ1n) is 7.86. The van der Waals surface area contributed by atoms with Crippen molar-refractivity contribution in [2.24, 2.45) is 5.73 Å². The number of hydrogen-bond donors (Lipinski definition) is 2. The Hall–Kier alpha value is -3.50. The molecule has 0 aliphatic rings. The lowest BCUT2D eigenvalue weighted by atomic mass is 9.96. The highest BCUT2D eigenvalue weighted by Crippen LogP contribution is 2.17. The number of nitrogens with one attached hydrogen (secondary N) is 1. The predicted octanol–water partition coefficient (Wildman–Crippen LogP) is 1.49. The molecule has 0 heterocycles. The summed E-state index contributed by atoms with van der Waals surface area (Å²) >= 11 is 0. The zero-order valence-electron chi connectivity index (χ0n) is 14.0. The Balaban J connectivity index is 2.29. The molecule has 0 spiro atoms. The number of nitro groups is 2. The van der Waals surface area contributed by atoms with Crippen LogP contribution < -0.4 is 11.1 Å². The summed E-state index contributed by atoms with van der Waals surface area (Å²) in [5.74, 6) is -1.16. The molecule has 10 nitrogen and oxygen atoms in total. The van der Waals surface area contributed by atoms with E-state index in [9.17, 15) is 29.8 Å². The first kappa shape index (κ1) is 19.8. The molecule has 0 unspecified atom stereocenters. The largest absolute Gasteiger partial charge is 0.329 e. The molecule has 0 aliphatic heterocycles. The maximum Gasteiger partial charge on any atom is 0.269 e. The van der Waals surface area contributed by atoms with Gasteiger partial charge in [0.05, 0.1) is 9.85 Å². The SMILES string of the molecule is NCCNC(C(=O)c1ccc([N+](=O)[O-])cc1)C(=O)c1ccc([N+](=O)[O-])cc1. The number of hydrogen-bond acceptors (Lipinski definition) is 8. The highest BCUT2D eigenvalue weighted by Gasteiger charge is 2.28. The van der Waals surface area contributed by atoms with Crippen LogP contribution in [0.2, 0.25) is 0 Å². The lowest BCUT2D eigenvalue weighted by molar-refractivity contribution is -0.385. The maximum atomic E-state index is 12.7. The fourth-order valence-corrected chi connectivity index (χ4v) is 2.36. The average Bonchev–Trinajstić information content (AvgIpc) is 2.68. The fraction of sp³-hybridized carbons (Fsp3) is 0.176. The van der Waals surface area contributed by atoms with Gasteiger partial charge >= 0.3 is 0 Å². The van der Waals surface area contributed by atoms with Crippen molar-refractivity contribution in [1.29, 1.82) is 0 Å². The lowest BCUT2D eigenvalue weighted by Crippen LogP contribution is -2.45. The molecule has 3 N–H and O–H groups in total. The van der Waals surface area contributed by atoms with Gasteiger partial charge in [0.1, 0.15) is 6.04 Å². The van der Waals surface area contributed by atoms with Gasteiger partial charge in [0.25, 0.3) is 11.4 Å². The Kier molecular flexibility index (Phi) is 6.41. The summed E-state index contributed by atoms with van der Waals surface area (Å²) in [5, 5.41) is 24.2. The van der Waals surface area contributed by atoms with E-state index in [-0.39, 0.29) is 35.6 Å². The van der Waals surface area contributed by atoms with Crippen LogP contribution in [0.15, 0.2) is 48.5 Å². The molecule has 0 saturated carbocycles. The van der Waals surface area contributed by atoms with E-state index in [2.05, 4.69) is 5.32 Å². The summed E-state index contributed by atoms with van der Waals surface area (Å²) in [7, 11) is 0. The van der Waals surface area contributed by atoms with Gasteiger partial charge in [-0.2, -0.15) is 0 Å². The fourth-order valence-electron chi connectivity index (χ4n) is 2.36. The van der Waals surface area contributed by atoms with Gasteiger partial charge in [-0.1, -0.05) is 0 Å². The Morgan fingerprint density at radius 3 is 1.52 bits per heavy atom. The van der Waals surface area contributed by atoms with Crippen LogP contribution in [0.3, 0.4) is 0 Å². The average molecular weight is 372 g/mol. The minimum absolute atomic E-state index is 0.116. The first-order valence-corrected chi connectivity index (χ1v) is 7.86. The summed E-state index contributed by atoms with van der Waals surface area (Å²) in [6.45, 7) is 0.361. The first-order chi connectivity index (χ1) is 12.8. The van der Waals surface area contributed by atoms with Crippen LogP contribution in [0, 0.1) is 20.2 Å². The maximum absolute atomic E-state index is 12.7. The number of nitro benzene ring substituents is 2. The number of carbonyl (C=O) groups excluding carboxylic acids is 2. The topological polar surface area (TPSA) is 158 Å². The van der Waals surface area contributed by atoms with Gasteiger partial charge < -0.3 is 5.73 Å². The molecule has 0 amide bonds. The second-order valence-corrected chi connectivity index (χ2v) is 5.51. The second kappa shape index (κ2) is 8.74. The van der Waals surface area contributed by atoms with E-state index < -0.39 is 27.5 Å². The predicted molar refractivity (Wildman–Crippen MR) is 95.7 cm³/mol. The van der Waals surface area contributed by atoms with E-state index in [0.717, 1.165) is 0 Å². The standard InChI is InChI=1S/C17H16N4O6/c18-9-10-19-15(16(22)11-1-5-13(6-2-11)20(24)25)17(23)12-3-7-14(8-4-12)21(26)27/h1-8,15,19H,9-10,18H2. The van der Waals surface area contributed by atoms with Crippen molar-refractivity contribution in [3.63, 3.8) is 0 Å². The monoisotopic (exact) mass is 372 g/mol. The molecule has 0 aliphatic carbocycles. The number of Topliss-reactive ketones (excluding diaryl/α,β-unsaturated/α-hetero) is 2. The smallest absolute Gasteiger partial charge is 0.269 e. The molecule has 2 aromatic carbocycles. The summed E-state index contributed by atoms with van der Waals surface area (Å²) in [6, 6.07) is 8.47. The summed E-state index contributed by atoms with van der Waals surface area (Å²) in [6.07, 6.45) is 0. The molecule has 140 valence electrons. The van der Waals surface area contributed by atoms with E-state index in [1.165, 1.54) is 48.5 Å². The Bertz CT molecular complexity index is 794. The van der Waals surface area contributed by atoms with Crippen molar-refractivity contribution in [2.45, 2.75) is 6.04 Å². The number of ketones is 2. The third kappa shape index (κ3) is 4.77. The molecule has 27 heavy (non-hydrogen) atoms. The van der Waals surface area contributed by atoms with Crippen LogP contribution in [-0.2, 0) is 0 Å². The zero-order chi connectivity index (χ0) is 20.0.